The number of fused-ring (bicyclic) bond motifs is 1. The van der Waals surface area contributed by atoms with Gasteiger partial charge in [-0.15, -0.1) is 0 Å². The van der Waals surface area contributed by atoms with Crippen LogP contribution in [-0.4, -0.2) is 41.1 Å². The maximum Gasteiger partial charge on any atom is 0.257 e. The number of anilines is 1. The molecule has 0 bridgehead atoms. The average Bonchev–Trinajstić information content (AvgIpc) is 2.85. The third kappa shape index (κ3) is 4.13. The van der Waals surface area contributed by atoms with Crippen molar-refractivity contribution in [3.63, 3.8) is 0 Å². The molecule has 166 valence electrons. The Labute approximate surface area is 196 Å². The van der Waals surface area contributed by atoms with Gasteiger partial charge in [-0.05, 0) is 41.8 Å². The third-order valence-electron chi connectivity index (χ3n) is 5.81. The van der Waals surface area contributed by atoms with E-state index in [1.54, 1.807) is 24.3 Å². The van der Waals surface area contributed by atoms with E-state index in [2.05, 4.69) is 9.71 Å². The highest BCUT2D eigenvalue weighted by Crippen LogP contribution is 2.35. The number of aromatic nitrogens is 1. The second kappa shape index (κ2) is 8.77. The average molecular weight is 458 g/mol. The van der Waals surface area contributed by atoms with E-state index < -0.39 is 5.60 Å². The first kappa shape index (κ1) is 21.3. The Hall–Kier alpha value is -3.55. The minimum Gasteiger partial charge on any atom is -0.496 e. The summed E-state index contributed by atoms with van der Waals surface area (Å²) in [6.45, 7) is 0.506. The number of benzene rings is 3. The molecule has 1 fully saturated rings. The van der Waals surface area contributed by atoms with Crippen LogP contribution in [0.1, 0.15) is 15.9 Å². The van der Waals surface area contributed by atoms with Crippen molar-refractivity contribution in [2.75, 3.05) is 24.9 Å². The molecule has 1 aromatic heterocycles. The first-order valence-electron chi connectivity index (χ1n) is 10.6. The predicted molar refractivity (Wildman–Crippen MR) is 130 cm³/mol. The molecular weight excluding hydrogens is 434 g/mol. The van der Waals surface area contributed by atoms with Gasteiger partial charge in [0.2, 0.25) is 0 Å². The number of hydrogen-bond acceptors (Lipinski definition) is 6. The zero-order valence-electron chi connectivity index (χ0n) is 18.1. The molecule has 5 rings (SSSR count). The van der Waals surface area contributed by atoms with Crippen LogP contribution >= 0.6 is 11.9 Å². The molecule has 0 radical (unpaired) electrons. The fourth-order valence-corrected chi connectivity index (χ4v) is 4.80. The largest absolute Gasteiger partial charge is 0.496 e. The SMILES string of the molecule is COc1cc(NSc2cccc3cccnc23)ccc1C(=O)N1CC(O)(c2ccccc2)C1. The number of pyridine rings is 1. The lowest BCUT2D eigenvalue weighted by Gasteiger charge is -2.46. The maximum absolute atomic E-state index is 13.1. The van der Waals surface area contributed by atoms with Crippen molar-refractivity contribution < 1.29 is 14.6 Å². The van der Waals surface area contributed by atoms with E-state index in [0.717, 1.165) is 27.0 Å². The van der Waals surface area contributed by atoms with Crippen molar-refractivity contribution in [3.8, 4) is 5.75 Å². The number of carbonyl (C=O) groups excluding carboxylic acids is 1. The number of nitrogens with one attached hydrogen (secondary N) is 1. The number of rotatable bonds is 6. The number of aliphatic hydroxyl groups is 1. The highest BCUT2D eigenvalue weighted by molar-refractivity contribution is 8.00. The number of β-amino-alcohol motifs (C(OH)–C–C–N with tert-alkyl or cyclic N) is 1. The monoisotopic (exact) mass is 457 g/mol. The molecule has 0 spiro atoms. The minimum absolute atomic E-state index is 0.162. The summed E-state index contributed by atoms with van der Waals surface area (Å²) < 4.78 is 8.83. The van der Waals surface area contributed by atoms with Crippen LogP contribution in [0.25, 0.3) is 10.9 Å². The van der Waals surface area contributed by atoms with Crippen LogP contribution < -0.4 is 9.46 Å². The number of carbonyl (C=O) groups is 1. The van der Waals surface area contributed by atoms with Crippen LogP contribution in [-0.2, 0) is 5.60 Å². The van der Waals surface area contributed by atoms with E-state index in [0.29, 0.717) is 11.3 Å². The highest BCUT2D eigenvalue weighted by atomic mass is 32.2. The molecule has 1 aliphatic rings. The number of hydrogen-bond donors (Lipinski definition) is 2. The molecular formula is C26H23N3O3S. The lowest BCUT2D eigenvalue weighted by molar-refractivity contribution is -0.0864. The van der Waals surface area contributed by atoms with Crippen LogP contribution in [0.3, 0.4) is 0 Å². The molecule has 0 atom stereocenters. The number of para-hydroxylation sites is 1. The summed E-state index contributed by atoms with van der Waals surface area (Å²) in [6, 6.07) is 24.9. The molecule has 0 saturated carbocycles. The molecule has 3 aromatic carbocycles. The van der Waals surface area contributed by atoms with Crippen LogP contribution in [0.5, 0.6) is 5.75 Å². The van der Waals surface area contributed by atoms with Crippen molar-refractivity contribution in [3.05, 3.63) is 96.2 Å². The van der Waals surface area contributed by atoms with E-state index in [1.165, 1.54) is 11.9 Å². The number of methoxy groups -OCH3 is 1. The van der Waals surface area contributed by atoms with Crippen LogP contribution in [0.2, 0.25) is 0 Å². The Balaban J connectivity index is 1.29. The van der Waals surface area contributed by atoms with Crippen LogP contribution in [0, 0.1) is 0 Å². The molecule has 2 heterocycles. The first-order chi connectivity index (χ1) is 16.1. The Morgan fingerprint density at radius 1 is 1.06 bits per heavy atom. The van der Waals surface area contributed by atoms with Gasteiger partial charge < -0.3 is 19.5 Å². The Morgan fingerprint density at radius 3 is 2.64 bits per heavy atom. The second-order valence-corrected chi connectivity index (χ2v) is 8.86. The second-order valence-electron chi connectivity index (χ2n) is 8.01. The lowest BCUT2D eigenvalue weighted by Crippen LogP contribution is -2.61. The quantitative estimate of drug-likeness (QED) is 0.409. The van der Waals surface area contributed by atoms with E-state index in [9.17, 15) is 9.90 Å². The van der Waals surface area contributed by atoms with Gasteiger partial charge in [0.1, 0.15) is 11.4 Å². The van der Waals surface area contributed by atoms with Gasteiger partial charge in [0.15, 0.2) is 0 Å². The van der Waals surface area contributed by atoms with Crippen molar-refractivity contribution in [2.45, 2.75) is 10.5 Å². The first-order valence-corrected chi connectivity index (χ1v) is 11.4. The van der Waals surface area contributed by atoms with E-state index in [-0.39, 0.29) is 19.0 Å². The zero-order chi connectivity index (χ0) is 22.8. The summed E-state index contributed by atoms with van der Waals surface area (Å²) >= 11 is 1.46. The minimum atomic E-state index is -1.01. The molecule has 1 saturated heterocycles. The molecule has 0 aliphatic carbocycles. The van der Waals surface area contributed by atoms with Crippen LogP contribution in [0.15, 0.2) is 90.0 Å². The summed E-state index contributed by atoms with van der Waals surface area (Å²) in [6.07, 6.45) is 1.78. The summed E-state index contributed by atoms with van der Waals surface area (Å²) in [5.74, 6) is 0.321. The molecule has 1 aliphatic heterocycles. The van der Waals surface area contributed by atoms with Crippen molar-refractivity contribution in [1.82, 2.24) is 9.88 Å². The van der Waals surface area contributed by atoms with Gasteiger partial charge >= 0.3 is 0 Å². The summed E-state index contributed by atoms with van der Waals surface area (Å²) in [5, 5.41) is 11.9. The Kier molecular flexibility index (Phi) is 5.66. The third-order valence-corrected chi connectivity index (χ3v) is 6.70. The number of nitrogens with zero attached hydrogens (tertiary/aromatic N) is 2. The number of likely N-dealkylation sites (tertiary alicyclic amines) is 1. The molecule has 33 heavy (non-hydrogen) atoms. The molecule has 4 aromatic rings. The van der Waals surface area contributed by atoms with E-state index in [1.807, 2.05) is 72.8 Å². The normalized spacial score (nSPS) is 14.5. The summed E-state index contributed by atoms with van der Waals surface area (Å²) in [4.78, 5) is 20.2. The van der Waals surface area contributed by atoms with E-state index in [4.69, 9.17) is 4.74 Å². The summed E-state index contributed by atoms with van der Waals surface area (Å²) in [7, 11) is 1.55. The van der Waals surface area contributed by atoms with Gasteiger partial charge in [0.25, 0.3) is 5.91 Å². The van der Waals surface area contributed by atoms with Crippen molar-refractivity contribution in [2.24, 2.45) is 0 Å². The molecule has 1 amide bonds. The fourth-order valence-electron chi connectivity index (χ4n) is 4.03. The Bertz CT molecular complexity index is 1300. The molecule has 7 heteroatoms. The molecule has 6 nitrogen and oxygen atoms in total. The van der Waals surface area contributed by atoms with Gasteiger partial charge in [-0.3, -0.25) is 9.78 Å². The van der Waals surface area contributed by atoms with Crippen molar-refractivity contribution >= 4 is 34.4 Å². The maximum atomic E-state index is 13.1. The van der Waals surface area contributed by atoms with Gasteiger partial charge in [-0.25, -0.2) is 0 Å². The smallest absolute Gasteiger partial charge is 0.257 e. The van der Waals surface area contributed by atoms with E-state index >= 15 is 0 Å². The number of amides is 1. The lowest BCUT2D eigenvalue weighted by atomic mass is 9.85. The molecule has 0 unspecified atom stereocenters. The fraction of sp³-hybridized carbons (Fsp3) is 0.154. The molecule has 2 N–H and O–H groups in total. The van der Waals surface area contributed by atoms with Gasteiger partial charge in [-0.2, -0.15) is 0 Å². The van der Waals surface area contributed by atoms with Gasteiger partial charge in [0.05, 0.1) is 36.2 Å². The Morgan fingerprint density at radius 2 is 1.85 bits per heavy atom. The topological polar surface area (TPSA) is 74.7 Å². The highest BCUT2D eigenvalue weighted by Gasteiger charge is 2.45. The zero-order valence-corrected chi connectivity index (χ0v) is 18.9. The predicted octanol–water partition coefficient (Wildman–Crippen LogP) is 4.71. The number of ether oxygens (including phenoxy) is 1. The standard InChI is InChI=1S/C26H23N3O3S/c1-32-22-15-20(28-33-23-11-5-7-18-8-6-14-27-24(18)23)12-13-21(22)25(30)29-16-26(31,17-29)19-9-3-2-4-10-19/h2-15,28,31H,16-17H2,1H3. The van der Waals surface area contributed by atoms with Crippen molar-refractivity contribution in [1.29, 1.82) is 0 Å². The van der Waals surface area contributed by atoms with Crippen LogP contribution in [0.4, 0.5) is 5.69 Å². The van der Waals surface area contributed by atoms with Gasteiger partial charge in [-0.1, -0.05) is 48.5 Å². The van der Waals surface area contributed by atoms with Gasteiger partial charge in [0, 0.05) is 23.3 Å². The summed E-state index contributed by atoms with van der Waals surface area (Å²) in [5.41, 5.74) is 2.02.